The maximum atomic E-state index is 12.2. The van der Waals surface area contributed by atoms with E-state index >= 15 is 0 Å². The van der Waals surface area contributed by atoms with Crippen molar-refractivity contribution in [2.45, 2.75) is 57.0 Å². The molecule has 2 N–H and O–H groups in total. The molecule has 2 aliphatic heterocycles. The van der Waals surface area contributed by atoms with E-state index in [1.165, 1.54) is 38.5 Å². The Balaban J connectivity index is 1.32. The molecule has 2 saturated heterocycles. The van der Waals surface area contributed by atoms with Crippen LogP contribution in [0.2, 0.25) is 0 Å². The number of carbonyl (C=O) groups is 1. The predicted octanol–water partition coefficient (Wildman–Crippen LogP) is 1.43. The lowest BCUT2D eigenvalue weighted by Crippen LogP contribution is -2.40. The number of hydrogen-bond acceptors (Lipinski definition) is 2. The van der Waals surface area contributed by atoms with Gasteiger partial charge in [-0.05, 0) is 56.3 Å². The Hall–Kier alpha value is -0.570. The van der Waals surface area contributed by atoms with Gasteiger partial charge in [0, 0.05) is 18.6 Å². The summed E-state index contributed by atoms with van der Waals surface area (Å²) in [6.07, 6.45) is 9.08. The van der Waals surface area contributed by atoms with Crippen LogP contribution in [-0.4, -0.2) is 24.5 Å². The summed E-state index contributed by atoms with van der Waals surface area (Å²) in [7, 11) is 0. The highest BCUT2D eigenvalue weighted by molar-refractivity contribution is 5.80. The Bertz CT molecular complexity index is 346. The summed E-state index contributed by atoms with van der Waals surface area (Å²) in [5.41, 5.74) is 0.542. The largest absolute Gasteiger partial charge is 0.355 e. The molecule has 2 saturated carbocycles. The third-order valence-corrected chi connectivity index (χ3v) is 5.59. The maximum Gasteiger partial charge on any atom is 0.224 e. The molecule has 94 valence electrons. The van der Waals surface area contributed by atoms with E-state index in [4.69, 9.17) is 0 Å². The third kappa shape index (κ3) is 1.70. The highest BCUT2D eigenvalue weighted by atomic mass is 16.2. The van der Waals surface area contributed by atoms with Gasteiger partial charge in [-0.3, -0.25) is 4.79 Å². The minimum absolute atomic E-state index is 0.267. The molecular weight excluding hydrogens is 212 g/mol. The number of carbonyl (C=O) groups excluding carboxylic acids is 1. The van der Waals surface area contributed by atoms with Gasteiger partial charge in [-0.2, -0.15) is 0 Å². The molecular formula is C14H22N2O. The van der Waals surface area contributed by atoms with E-state index in [0.29, 0.717) is 23.4 Å². The van der Waals surface area contributed by atoms with Crippen LogP contribution >= 0.6 is 0 Å². The van der Waals surface area contributed by atoms with Gasteiger partial charge >= 0.3 is 0 Å². The van der Waals surface area contributed by atoms with Gasteiger partial charge in [-0.1, -0.05) is 0 Å². The van der Waals surface area contributed by atoms with E-state index in [1.54, 1.807) is 0 Å². The molecule has 4 aliphatic rings. The van der Waals surface area contributed by atoms with E-state index in [9.17, 15) is 4.79 Å². The minimum Gasteiger partial charge on any atom is -0.355 e. The number of rotatable bonds is 4. The number of hydrogen-bond donors (Lipinski definition) is 2. The topological polar surface area (TPSA) is 41.1 Å². The van der Waals surface area contributed by atoms with Crippen molar-refractivity contribution in [2.75, 3.05) is 6.54 Å². The van der Waals surface area contributed by atoms with E-state index in [-0.39, 0.29) is 5.92 Å². The Morgan fingerprint density at radius 1 is 1.24 bits per heavy atom. The zero-order valence-corrected chi connectivity index (χ0v) is 10.4. The summed E-state index contributed by atoms with van der Waals surface area (Å²) in [5.74, 6) is 1.54. The van der Waals surface area contributed by atoms with Gasteiger partial charge in [0.15, 0.2) is 0 Å². The van der Waals surface area contributed by atoms with E-state index in [2.05, 4.69) is 10.6 Å². The molecule has 17 heavy (non-hydrogen) atoms. The Labute approximate surface area is 103 Å². The van der Waals surface area contributed by atoms with Crippen molar-refractivity contribution in [3.05, 3.63) is 0 Å². The van der Waals surface area contributed by atoms with Gasteiger partial charge < -0.3 is 10.6 Å². The molecule has 0 radical (unpaired) electrons. The molecule has 4 rings (SSSR count). The molecule has 2 aliphatic carbocycles. The standard InChI is InChI=1S/C14H22N2O/c17-13(11-7-10-3-4-12(11)16-10)15-8-14(5-6-14)9-1-2-9/h9-12,16H,1-8H2,(H,15,17). The average Bonchev–Trinajstić information content (AvgIpc) is 3.24. The van der Waals surface area contributed by atoms with E-state index in [0.717, 1.165) is 18.9 Å². The molecule has 0 aromatic carbocycles. The fourth-order valence-corrected chi connectivity index (χ4v) is 4.09. The molecule has 1 amide bonds. The molecule has 2 bridgehead atoms. The minimum atomic E-state index is 0.267. The normalized spacial score (nSPS) is 41.5. The highest BCUT2D eigenvalue weighted by Crippen LogP contribution is 2.60. The van der Waals surface area contributed by atoms with E-state index < -0.39 is 0 Å². The van der Waals surface area contributed by atoms with Crippen molar-refractivity contribution in [3.8, 4) is 0 Å². The van der Waals surface area contributed by atoms with Crippen molar-refractivity contribution < 1.29 is 4.79 Å². The van der Waals surface area contributed by atoms with Crippen LogP contribution in [0.15, 0.2) is 0 Å². The second-order valence-corrected chi connectivity index (χ2v) is 6.74. The number of fused-ring (bicyclic) bond motifs is 2. The highest BCUT2D eigenvalue weighted by Gasteiger charge is 2.54. The summed E-state index contributed by atoms with van der Waals surface area (Å²) in [6, 6.07) is 1.12. The van der Waals surface area contributed by atoms with Gasteiger partial charge in [0.1, 0.15) is 0 Å². The molecule has 0 aromatic rings. The second kappa shape index (κ2) is 3.47. The Kier molecular flexibility index (Phi) is 2.11. The molecule has 0 aromatic heterocycles. The van der Waals surface area contributed by atoms with Crippen molar-refractivity contribution in [1.29, 1.82) is 0 Å². The fourth-order valence-electron chi connectivity index (χ4n) is 4.09. The predicted molar refractivity (Wildman–Crippen MR) is 65.5 cm³/mol. The van der Waals surface area contributed by atoms with Gasteiger partial charge in [0.25, 0.3) is 0 Å². The summed E-state index contributed by atoms with van der Waals surface area (Å²) in [6.45, 7) is 0.963. The molecule has 2 heterocycles. The monoisotopic (exact) mass is 234 g/mol. The number of nitrogens with one attached hydrogen (secondary N) is 2. The van der Waals surface area contributed by atoms with Crippen LogP contribution < -0.4 is 10.6 Å². The zero-order valence-electron chi connectivity index (χ0n) is 10.4. The van der Waals surface area contributed by atoms with Crippen LogP contribution in [0.4, 0.5) is 0 Å². The van der Waals surface area contributed by atoms with Gasteiger partial charge in [-0.15, -0.1) is 0 Å². The summed E-state index contributed by atoms with van der Waals surface area (Å²) in [5, 5.41) is 6.80. The van der Waals surface area contributed by atoms with E-state index in [1.807, 2.05) is 0 Å². The smallest absolute Gasteiger partial charge is 0.224 e. The molecule has 4 fully saturated rings. The summed E-state index contributed by atoms with van der Waals surface area (Å²) in [4.78, 5) is 12.2. The first-order valence-electron chi connectivity index (χ1n) is 7.31. The first-order valence-corrected chi connectivity index (χ1v) is 7.31. The van der Waals surface area contributed by atoms with Crippen molar-refractivity contribution in [3.63, 3.8) is 0 Å². The molecule has 3 atom stereocenters. The third-order valence-electron chi connectivity index (χ3n) is 5.59. The van der Waals surface area contributed by atoms with Crippen LogP contribution in [0.5, 0.6) is 0 Å². The lowest BCUT2D eigenvalue weighted by Gasteiger charge is -2.21. The molecule has 3 heteroatoms. The van der Waals surface area contributed by atoms with Crippen LogP contribution in [0.25, 0.3) is 0 Å². The molecule has 0 spiro atoms. The van der Waals surface area contributed by atoms with Crippen molar-refractivity contribution >= 4 is 5.91 Å². The Morgan fingerprint density at radius 3 is 2.59 bits per heavy atom. The van der Waals surface area contributed by atoms with Crippen LogP contribution in [0.1, 0.15) is 44.9 Å². The van der Waals surface area contributed by atoms with Crippen LogP contribution in [0.3, 0.4) is 0 Å². The van der Waals surface area contributed by atoms with Crippen LogP contribution in [-0.2, 0) is 4.79 Å². The first-order chi connectivity index (χ1) is 8.27. The summed E-state index contributed by atoms with van der Waals surface area (Å²) < 4.78 is 0. The zero-order chi connectivity index (χ0) is 11.5. The maximum absolute atomic E-state index is 12.2. The van der Waals surface area contributed by atoms with Gasteiger partial charge in [-0.25, -0.2) is 0 Å². The first kappa shape index (κ1) is 10.4. The van der Waals surface area contributed by atoms with Crippen molar-refractivity contribution in [2.24, 2.45) is 17.3 Å². The lowest BCUT2D eigenvalue weighted by molar-refractivity contribution is -0.125. The van der Waals surface area contributed by atoms with Gasteiger partial charge in [0.05, 0.1) is 5.92 Å². The van der Waals surface area contributed by atoms with Crippen LogP contribution in [0, 0.1) is 17.3 Å². The second-order valence-electron chi connectivity index (χ2n) is 6.74. The van der Waals surface area contributed by atoms with Crippen molar-refractivity contribution in [1.82, 2.24) is 10.6 Å². The SMILES string of the molecule is O=C(NCC1(C2CC2)CC1)C1CC2CCC1N2. The average molecular weight is 234 g/mol. The lowest BCUT2D eigenvalue weighted by atomic mass is 9.88. The van der Waals surface area contributed by atoms with Gasteiger partial charge in [0.2, 0.25) is 5.91 Å². The quantitative estimate of drug-likeness (QED) is 0.772. The Morgan fingerprint density at radius 2 is 2.06 bits per heavy atom. The summed E-state index contributed by atoms with van der Waals surface area (Å²) >= 11 is 0. The fraction of sp³-hybridized carbons (Fsp3) is 0.929. The molecule has 3 unspecified atom stereocenters. The number of amides is 1. The molecule has 3 nitrogen and oxygen atoms in total.